The predicted molar refractivity (Wildman–Crippen MR) is 80.3 cm³/mol. The molecule has 0 aliphatic rings. The quantitative estimate of drug-likeness (QED) is 0.920. The molecule has 0 fully saturated rings. The van der Waals surface area contributed by atoms with Gasteiger partial charge in [-0.3, -0.25) is 9.59 Å². The molecule has 1 aromatic carbocycles. The Labute approximate surface area is 121 Å². The lowest BCUT2D eigenvalue weighted by Crippen LogP contribution is -2.39. The van der Waals surface area contributed by atoms with E-state index in [1.165, 1.54) is 11.3 Å². The summed E-state index contributed by atoms with van der Waals surface area (Å²) in [4.78, 5) is 25.6. The van der Waals surface area contributed by atoms with E-state index in [4.69, 9.17) is 5.11 Å². The minimum atomic E-state index is -0.889. The molecule has 4 nitrogen and oxygen atoms in total. The van der Waals surface area contributed by atoms with Crippen LogP contribution in [0.1, 0.15) is 29.9 Å². The number of carbonyl (C=O) groups excluding carboxylic acids is 1. The highest BCUT2D eigenvalue weighted by molar-refractivity contribution is 7.20. The zero-order valence-corrected chi connectivity index (χ0v) is 12.3. The number of hydrogen-bond acceptors (Lipinski definition) is 3. The summed E-state index contributed by atoms with van der Waals surface area (Å²) >= 11 is 1.45. The summed E-state index contributed by atoms with van der Waals surface area (Å²) in [5, 5.41) is 9.90. The molecule has 1 aromatic heterocycles. The summed E-state index contributed by atoms with van der Waals surface area (Å²) in [5.41, 5.74) is 0. The molecule has 1 N–H and O–H groups in total. The van der Waals surface area contributed by atoms with E-state index in [9.17, 15) is 9.59 Å². The zero-order chi connectivity index (χ0) is 14.7. The first-order chi connectivity index (χ1) is 9.52. The van der Waals surface area contributed by atoms with Gasteiger partial charge in [0.2, 0.25) is 0 Å². The van der Waals surface area contributed by atoms with Gasteiger partial charge < -0.3 is 10.0 Å². The fourth-order valence-corrected chi connectivity index (χ4v) is 3.27. The number of carbonyl (C=O) groups is 2. The number of carboxylic acid groups (broad SMARTS) is 1. The standard InChI is InChI=1S/C15H17NO3S/c1-3-16(10(2)8-14(17)18)15(19)13-9-11-6-4-5-7-12(11)20-13/h4-7,9-10H,3,8H2,1-2H3,(H,17,18). The van der Waals surface area contributed by atoms with Crippen LogP contribution in [0.3, 0.4) is 0 Å². The van der Waals surface area contributed by atoms with E-state index in [-0.39, 0.29) is 18.4 Å². The normalized spacial score (nSPS) is 12.3. The van der Waals surface area contributed by atoms with Crippen molar-refractivity contribution in [3.8, 4) is 0 Å². The van der Waals surface area contributed by atoms with Crippen LogP contribution in [-0.2, 0) is 4.79 Å². The van der Waals surface area contributed by atoms with Crippen molar-refractivity contribution in [2.75, 3.05) is 6.54 Å². The fraction of sp³-hybridized carbons (Fsp3) is 0.333. The van der Waals surface area contributed by atoms with Crippen LogP contribution in [0.15, 0.2) is 30.3 Å². The maximum absolute atomic E-state index is 12.5. The number of amides is 1. The number of rotatable bonds is 5. The van der Waals surface area contributed by atoms with E-state index in [1.54, 1.807) is 11.8 Å². The average Bonchev–Trinajstić information content (AvgIpc) is 2.82. The van der Waals surface area contributed by atoms with E-state index < -0.39 is 5.97 Å². The third-order valence-electron chi connectivity index (χ3n) is 3.24. The number of nitrogens with zero attached hydrogens (tertiary/aromatic N) is 1. The highest BCUT2D eigenvalue weighted by Gasteiger charge is 2.23. The second-order valence-corrected chi connectivity index (χ2v) is 5.77. The molecule has 106 valence electrons. The summed E-state index contributed by atoms with van der Waals surface area (Å²) in [7, 11) is 0. The summed E-state index contributed by atoms with van der Waals surface area (Å²) in [6.45, 7) is 4.13. The average molecular weight is 291 g/mol. The third kappa shape index (κ3) is 2.99. The van der Waals surface area contributed by atoms with Gasteiger partial charge >= 0.3 is 5.97 Å². The Morgan fingerprint density at radius 3 is 2.65 bits per heavy atom. The fourth-order valence-electron chi connectivity index (χ4n) is 2.25. The molecule has 0 aliphatic carbocycles. The molecule has 1 atom stereocenters. The van der Waals surface area contributed by atoms with Crippen molar-refractivity contribution in [3.05, 3.63) is 35.2 Å². The van der Waals surface area contributed by atoms with Crippen LogP contribution < -0.4 is 0 Å². The topological polar surface area (TPSA) is 57.6 Å². The van der Waals surface area contributed by atoms with Gasteiger partial charge in [-0.1, -0.05) is 18.2 Å². The molecule has 5 heteroatoms. The largest absolute Gasteiger partial charge is 0.481 e. The Morgan fingerprint density at radius 1 is 1.35 bits per heavy atom. The van der Waals surface area contributed by atoms with E-state index in [2.05, 4.69) is 0 Å². The second-order valence-electron chi connectivity index (χ2n) is 4.69. The van der Waals surface area contributed by atoms with Gasteiger partial charge in [-0.2, -0.15) is 0 Å². The molecule has 1 unspecified atom stereocenters. The molecular formula is C15H17NO3S. The van der Waals surface area contributed by atoms with Crippen molar-refractivity contribution >= 4 is 33.3 Å². The van der Waals surface area contributed by atoms with Gasteiger partial charge in [-0.15, -0.1) is 11.3 Å². The monoisotopic (exact) mass is 291 g/mol. The highest BCUT2D eigenvalue weighted by atomic mass is 32.1. The lowest BCUT2D eigenvalue weighted by Gasteiger charge is -2.26. The molecule has 2 rings (SSSR count). The summed E-state index contributed by atoms with van der Waals surface area (Å²) in [6, 6.07) is 9.40. The van der Waals surface area contributed by atoms with Crippen molar-refractivity contribution in [2.24, 2.45) is 0 Å². The lowest BCUT2D eigenvalue weighted by molar-refractivity contribution is -0.138. The van der Waals surface area contributed by atoms with Crippen LogP contribution in [0, 0.1) is 0 Å². The van der Waals surface area contributed by atoms with Crippen LogP contribution in [0.5, 0.6) is 0 Å². The molecular weight excluding hydrogens is 274 g/mol. The summed E-state index contributed by atoms with van der Waals surface area (Å²) in [5.74, 6) is -0.984. The van der Waals surface area contributed by atoms with Gasteiger partial charge in [0, 0.05) is 17.3 Å². The number of carboxylic acids is 1. The molecule has 2 aromatic rings. The van der Waals surface area contributed by atoms with Gasteiger partial charge in [0.1, 0.15) is 0 Å². The van der Waals surface area contributed by atoms with Gasteiger partial charge in [-0.05, 0) is 31.4 Å². The van der Waals surface area contributed by atoms with E-state index in [1.807, 2.05) is 37.3 Å². The van der Waals surface area contributed by atoms with Crippen molar-refractivity contribution in [2.45, 2.75) is 26.3 Å². The molecule has 20 heavy (non-hydrogen) atoms. The van der Waals surface area contributed by atoms with Crippen LogP contribution in [-0.4, -0.2) is 34.5 Å². The van der Waals surface area contributed by atoms with E-state index >= 15 is 0 Å². The van der Waals surface area contributed by atoms with E-state index in [0.717, 1.165) is 10.1 Å². The maximum Gasteiger partial charge on any atom is 0.305 e. The van der Waals surface area contributed by atoms with Gasteiger partial charge in [0.05, 0.1) is 11.3 Å². The highest BCUT2D eigenvalue weighted by Crippen LogP contribution is 2.26. The molecule has 0 saturated carbocycles. The van der Waals surface area contributed by atoms with Crippen molar-refractivity contribution in [1.29, 1.82) is 0 Å². The number of benzene rings is 1. The Kier molecular flexibility index (Phi) is 4.39. The molecule has 1 amide bonds. The predicted octanol–water partition coefficient (Wildman–Crippen LogP) is 3.23. The number of aliphatic carboxylic acids is 1. The minimum Gasteiger partial charge on any atom is -0.481 e. The third-order valence-corrected chi connectivity index (χ3v) is 4.34. The first-order valence-electron chi connectivity index (χ1n) is 6.54. The van der Waals surface area contributed by atoms with Crippen LogP contribution in [0.4, 0.5) is 0 Å². The first-order valence-corrected chi connectivity index (χ1v) is 7.36. The van der Waals surface area contributed by atoms with E-state index in [0.29, 0.717) is 11.4 Å². The Bertz CT molecular complexity index is 602. The van der Waals surface area contributed by atoms with Crippen LogP contribution in [0.2, 0.25) is 0 Å². The van der Waals surface area contributed by atoms with Gasteiger partial charge in [-0.25, -0.2) is 0 Å². The Morgan fingerprint density at radius 2 is 2.05 bits per heavy atom. The first kappa shape index (κ1) is 14.5. The number of hydrogen-bond donors (Lipinski definition) is 1. The van der Waals surface area contributed by atoms with Crippen molar-refractivity contribution in [3.63, 3.8) is 0 Å². The van der Waals surface area contributed by atoms with Crippen molar-refractivity contribution in [1.82, 2.24) is 4.90 Å². The maximum atomic E-state index is 12.5. The number of thiophene rings is 1. The SMILES string of the molecule is CCN(C(=O)c1cc2ccccc2s1)C(C)CC(=O)O. The van der Waals surface area contributed by atoms with Gasteiger partial charge in [0.15, 0.2) is 0 Å². The Balaban J connectivity index is 2.25. The number of fused-ring (bicyclic) bond motifs is 1. The molecule has 0 radical (unpaired) electrons. The smallest absolute Gasteiger partial charge is 0.305 e. The van der Waals surface area contributed by atoms with Crippen LogP contribution >= 0.6 is 11.3 Å². The van der Waals surface area contributed by atoms with Crippen molar-refractivity contribution < 1.29 is 14.7 Å². The minimum absolute atomic E-state index is 0.0372. The summed E-state index contributed by atoms with van der Waals surface area (Å²) in [6.07, 6.45) is -0.0372. The molecule has 0 aliphatic heterocycles. The Hall–Kier alpha value is -1.88. The lowest BCUT2D eigenvalue weighted by atomic mass is 10.2. The zero-order valence-electron chi connectivity index (χ0n) is 11.5. The molecule has 1 heterocycles. The molecule has 0 bridgehead atoms. The summed E-state index contributed by atoms with van der Waals surface area (Å²) < 4.78 is 1.07. The van der Waals surface area contributed by atoms with Gasteiger partial charge in [0.25, 0.3) is 5.91 Å². The molecule has 0 spiro atoms. The second kappa shape index (κ2) is 6.05. The molecule has 0 saturated heterocycles. The van der Waals surface area contributed by atoms with Crippen LogP contribution in [0.25, 0.3) is 10.1 Å².